The standard InChI is InChI=1S/C14H15FN4O2S/c1-22(20,21)14-17-12-4-2-3-5-13(12)19(14)10-11-8-16-18(9-11)7-6-15/h2-5,8-9H,6-7,10H2,1H3. The molecule has 3 rings (SSSR count). The van der Waals surface area contributed by atoms with Crippen molar-refractivity contribution in [1.29, 1.82) is 0 Å². The smallest absolute Gasteiger partial charge is 0.228 e. The molecule has 6 nitrogen and oxygen atoms in total. The maximum atomic E-state index is 12.3. The van der Waals surface area contributed by atoms with Crippen LogP contribution in [-0.4, -0.2) is 40.7 Å². The van der Waals surface area contributed by atoms with E-state index in [1.54, 1.807) is 23.0 Å². The zero-order chi connectivity index (χ0) is 15.7. The van der Waals surface area contributed by atoms with Gasteiger partial charge in [-0.2, -0.15) is 5.10 Å². The van der Waals surface area contributed by atoms with Gasteiger partial charge in [-0.15, -0.1) is 0 Å². The van der Waals surface area contributed by atoms with Crippen molar-refractivity contribution in [1.82, 2.24) is 19.3 Å². The number of alkyl halides is 1. The van der Waals surface area contributed by atoms with Crippen molar-refractivity contribution in [2.24, 2.45) is 0 Å². The molecule has 0 unspecified atom stereocenters. The second-order valence-electron chi connectivity index (χ2n) is 5.04. The second kappa shape index (κ2) is 5.53. The third kappa shape index (κ3) is 2.74. The molecule has 3 aromatic rings. The second-order valence-corrected chi connectivity index (χ2v) is 6.95. The molecule has 116 valence electrons. The van der Waals surface area contributed by atoms with Crippen LogP contribution in [0, 0.1) is 0 Å². The molecule has 0 aliphatic heterocycles. The summed E-state index contributed by atoms with van der Waals surface area (Å²) in [7, 11) is -3.45. The van der Waals surface area contributed by atoms with Crippen LogP contribution in [0.1, 0.15) is 5.56 Å². The van der Waals surface area contributed by atoms with Gasteiger partial charge >= 0.3 is 0 Å². The fourth-order valence-corrected chi connectivity index (χ4v) is 3.20. The van der Waals surface area contributed by atoms with Crippen LogP contribution in [0.4, 0.5) is 4.39 Å². The van der Waals surface area contributed by atoms with Gasteiger partial charge in [0, 0.05) is 18.0 Å². The van der Waals surface area contributed by atoms with E-state index in [4.69, 9.17) is 0 Å². The predicted molar refractivity (Wildman–Crippen MR) is 80.1 cm³/mol. The third-order valence-electron chi connectivity index (χ3n) is 3.29. The van der Waals surface area contributed by atoms with Crippen LogP contribution in [0.25, 0.3) is 11.0 Å². The Morgan fingerprint density at radius 3 is 2.77 bits per heavy atom. The summed E-state index contributed by atoms with van der Waals surface area (Å²) in [6.07, 6.45) is 4.45. The van der Waals surface area contributed by atoms with Gasteiger partial charge in [-0.1, -0.05) is 12.1 Å². The maximum Gasteiger partial charge on any atom is 0.228 e. The van der Waals surface area contributed by atoms with E-state index in [-0.39, 0.29) is 11.7 Å². The molecule has 2 heterocycles. The van der Waals surface area contributed by atoms with Gasteiger partial charge < -0.3 is 4.57 Å². The number of para-hydroxylation sites is 2. The van der Waals surface area contributed by atoms with Crippen molar-refractivity contribution in [2.45, 2.75) is 18.2 Å². The Morgan fingerprint density at radius 1 is 1.27 bits per heavy atom. The van der Waals surface area contributed by atoms with Crippen LogP contribution in [0.3, 0.4) is 0 Å². The highest BCUT2D eigenvalue weighted by atomic mass is 32.2. The lowest BCUT2D eigenvalue weighted by molar-refractivity contribution is 0.427. The highest BCUT2D eigenvalue weighted by molar-refractivity contribution is 7.90. The number of hydrogen-bond acceptors (Lipinski definition) is 4. The first kappa shape index (κ1) is 14.7. The Kier molecular flexibility index (Phi) is 3.69. The van der Waals surface area contributed by atoms with E-state index in [0.29, 0.717) is 12.1 Å². The molecule has 1 aromatic carbocycles. The molecule has 22 heavy (non-hydrogen) atoms. The summed E-state index contributed by atoms with van der Waals surface area (Å²) in [6.45, 7) is 0.00251. The Morgan fingerprint density at radius 2 is 2.05 bits per heavy atom. The molecular weight excluding hydrogens is 307 g/mol. The van der Waals surface area contributed by atoms with E-state index in [0.717, 1.165) is 17.3 Å². The number of fused-ring (bicyclic) bond motifs is 1. The minimum absolute atomic E-state index is 0.0203. The lowest BCUT2D eigenvalue weighted by Crippen LogP contribution is -2.10. The molecule has 0 spiro atoms. The molecule has 0 saturated carbocycles. The van der Waals surface area contributed by atoms with Gasteiger partial charge in [0.1, 0.15) is 6.67 Å². The number of nitrogens with zero attached hydrogens (tertiary/aromatic N) is 4. The van der Waals surface area contributed by atoms with Crippen LogP contribution >= 0.6 is 0 Å². The summed E-state index contributed by atoms with van der Waals surface area (Å²) < 4.78 is 39.4. The third-order valence-corrected chi connectivity index (χ3v) is 4.27. The number of aromatic nitrogens is 4. The van der Waals surface area contributed by atoms with Crippen LogP contribution in [0.5, 0.6) is 0 Å². The molecule has 0 fully saturated rings. The number of rotatable bonds is 5. The summed E-state index contributed by atoms with van der Waals surface area (Å²) in [5.74, 6) is 0. The lowest BCUT2D eigenvalue weighted by atomic mass is 10.3. The zero-order valence-electron chi connectivity index (χ0n) is 12.0. The van der Waals surface area contributed by atoms with Gasteiger partial charge in [0.05, 0.1) is 30.3 Å². The van der Waals surface area contributed by atoms with Crippen LogP contribution in [0.2, 0.25) is 0 Å². The predicted octanol–water partition coefficient (Wildman–Crippen LogP) is 1.65. The number of hydrogen-bond donors (Lipinski definition) is 0. The maximum absolute atomic E-state index is 12.3. The minimum Gasteiger partial charge on any atom is -0.310 e. The molecule has 8 heteroatoms. The summed E-state index contributed by atoms with van der Waals surface area (Å²) in [6, 6.07) is 7.24. The molecule has 0 saturated heterocycles. The first-order valence-electron chi connectivity index (χ1n) is 6.71. The van der Waals surface area contributed by atoms with Crippen LogP contribution < -0.4 is 0 Å². The van der Waals surface area contributed by atoms with Crippen molar-refractivity contribution in [2.75, 3.05) is 12.9 Å². The molecule has 0 aliphatic rings. The number of benzene rings is 1. The molecule has 0 aliphatic carbocycles. The van der Waals surface area contributed by atoms with Gasteiger partial charge in [0.2, 0.25) is 15.0 Å². The molecule has 2 aromatic heterocycles. The van der Waals surface area contributed by atoms with E-state index < -0.39 is 16.5 Å². The van der Waals surface area contributed by atoms with Crippen molar-refractivity contribution in [3.63, 3.8) is 0 Å². The molecule has 0 N–H and O–H groups in total. The van der Waals surface area contributed by atoms with Crippen molar-refractivity contribution in [3.8, 4) is 0 Å². The average Bonchev–Trinajstić information content (AvgIpc) is 3.05. The number of sulfone groups is 1. The van der Waals surface area contributed by atoms with Gasteiger partial charge in [-0.05, 0) is 12.1 Å². The quantitative estimate of drug-likeness (QED) is 0.716. The molecule has 0 radical (unpaired) electrons. The van der Waals surface area contributed by atoms with Gasteiger partial charge in [0.25, 0.3) is 0 Å². The SMILES string of the molecule is CS(=O)(=O)c1nc2ccccc2n1Cc1cnn(CCF)c1. The Hall–Kier alpha value is -2.22. The van der Waals surface area contributed by atoms with Crippen molar-refractivity contribution >= 4 is 20.9 Å². The highest BCUT2D eigenvalue weighted by Gasteiger charge is 2.19. The number of aryl methyl sites for hydroxylation is 1. The monoisotopic (exact) mass is 322 g/mol. The lowest BCUT2D eigenvalue weighted by Gasteiger charge is -2.06. The van der Waals surface area contributed by atoms with E-state index in [9.17, 15) is 12.8 Å². The summed E-state index contributed by atoms with van der Waals surface area (Å²) in [5.41, 5.74) is 2.15. The normalized spacial score (nSPS) is 12.1. The van der Waals surface area contributed by atoms with Crippen molar-refractivity contribution in [3.05, 3.63) is 42.2 Å². The van der Waals surface area contributed by atoms with Gasteiger partial charge in [-0.25, -0.2) is 17.8 Å². The van der Waals surface area contributed by atoms with Crippen LogP contribution in [0.15, 0.2) is 41.8 Å². The Balaban J connectivity index is 2.08. The number of halogens is 1. The first-order valence-corrected chi connectivity index (χ1v) is 8.61. The average molecular weight is 322 g/mol. The van der Waals surface area contributed by atoms with E-state index in [2.05, 4.69) is 10.1 Å². The summed E-state index contributed by atoms with van der Waals surface area (Å²) >= 11 is 0. The highest BCUT2D eigenvalue weighted by Crippen LogP contribution is 2.20. The molecular formula is C14H15FN4O2S. The van der Waals surface area contributed by atoms with E-state index in [1.165, 1.54) is 4.68 Å². The van der Waals surface area contributed by atoms with E-state index >= 15 is 0 Å². The molecule has 0 bridgehead atoms. The Bertz CT molecular complexity index is 914. The fourth-order valence-electron chi connectivity index (χ4n) is 2.37. The van der Waals surface area contributed by atoms with E-state index in [1.807, 2.05) is 18.2 Å². The summed E-state index contributed by atoms with van der Waals surface area (Å²) in [5, 5.41) is 4.07. The van der Waals surface area contributed by atoms with Gasteiger partial charge in [-0.3, -0.25) is 4.68 Å². The minimum atomic E-state index is -3.45. The topological polar surface area (TPSA) is 69.8 Å². The fraction of sp³-hybridized carbons (Fsp3) is 0.286. The zero-order valence-corrected chi connectivity index (χ0v) is 12.8. The number of imidazole rings is 1. The van der Waals surface area contributed by atoms with Crippen LogP contribution in [-0.2, 0) is 22.9 Å². The molecule has 0 amide bonds. The first-order chi connectivity index (χ1) is 10.5. The summed E-state index contributed by atoms with van der Waals surface area (Å²) in [4.78, 5) is 4.21. The van der Waals surface area contributed by atoms with Crippen molar-refractivity contribution < 1.29 is 12.8 Å². The van der Waals surface area contributed by atoms with Gasteiger partial charge in [0.15, 0.2) is 0 Å². The largest absolute Gasteiger partial charge is 0.310 e. The Labute approximate surface area is 127 Å². The molecule has 0 atom stereocenters.